The molecule has 1 aromatic rings. The van der Waals surface area contributed by atoms with Crippen LogP contribution < -0.4 is 0 Å². The van der Waals surface area contributed by atoms with Crippen molar-refractivity contribution in [2.24, 2.45) is 7.05 Å². The lowest BCUT2D eigenvalue weighted by molar-refractivity contribution is -0.116. The van der Waals surface area contributed by atoms with E-state index >= 15 is 0 Å². The van der Waals surface area contributed by atoms with E-state index in [0.717, 1.165) is 5.69 Å². The first kappa shape index (κ1) is 6.99. The van der Waals surface area contributed by atoms with E-state index in [-0.39, 0.29) is 5.78 Å². The van der Waals surface area contributed by atoms with Crippen molar-refractivity contribution in [1.29, 1.82) is 0 Å². The van der Waals surface area contributed by atoms with Gasteiger partial charge in [0, 0.05) is 19.7 Å². The largest absolute Gasteiger partial charge is 0.340 e. The summed E-state index contributed by atoms with van der Waals surface area (Å²) in [6, 6.07) is 0. The quantitative estimate of drug-likeness (QED) is 0.598. The number of hydrogen-bond donors (Lipinski definition) is 0. The van der Waals surface area contributed by atoms with Crippen molar-refractivity contribution < 1.29 is 4.79 Å². The summed E-state index contributed by atoms with van der Waals surface area (Å²) in [7, 11) is 1.89. The van der Waals surface area contributed by atoms with Gasteiger partial charge in [-0.15, -0.1) is 0 Å². The Labute approximate surface area is 59.7 Å². The molecule has 0 aliphatic rings. The van der Waals surface area contributed by atoms with Gasteiger partial charge in [0.15, 0.2) is 0 Å². The molecule has 0 atom stereocenters. The predicted molar refractivity (Wildman–Crippen MR) is 37.6 cm³/mol. The second kappa shape index (κ2) is 2.64. The van der Waals surface area contributed by atoms with Gasteiger partial charge in [-0.3, -0.25) is 4.79 Å². The molecule has 0 spiro atoms. The van der Waals surface area contributed by atoms with E-state index in [1.165, 1.54) is 0 Å². The summed E-state index contributed by atoms with van der Waals surface area (Å²) < 4.78 is 1.83. The fraction of sp³-hybridized carbons (Fsp3) is 0.429. The van der Waals surface area contributed by atoms with E-state index in [1.807, 2.05) is 17.8 Å². The minimum Gasteiger partial charge on any atom is -0.340 e. The number of ketones is 1. The minimum atomic E-state index is 0.152. The number of imidazole rings is 1. The first-order chi connectivity index (χ1) is 4.68. The highest BCUT2D eigenvalue weighted by molar-refractivity contribution is 5.77. The molecule has 0 amide bonds. The van der Waals surface area contributed by atoms with Crippen molar-refractivity contribution in [2.75, 3.05) is 0 Å². The fourth-order valence-corrected chi connectivity index (χ4v) is 0.813. The Balaban J connectivity index is 2.67. The fourth-order valence-electron chi connectivity index (χ4n) is 0.813. The molecule has 0 bridgehead atoms. The Bertz CT molecular complexity index is 240. The molecular formula is C7H10N2O. The highest BCUT2D eigenvalue weighted by Gasteiger charge is 1.98. The first-order valence-corrected chi connectivity index (χ1v) is 3.15. The van der Waals surface area contributed by atoms with Crippen LogP contribution in [-0.4, -0.2) is 15.3 Å². The number of rotatable bonds is 2. The lowest BCUT2D eigenvalue weighted by Gasteiger charge is -1.86. The molecule has 0 radical (unpaired) electrons. The third-order valence-corrected chi connectivity index (χ3v) is 1.19. The van der Waals surface area contributed by atoms with Gasteiger partial charge in [-0.1, -0.05) is 0 Å². The Hall–Kier alpha value is -1.12. The van der Waals surface area contributed by atoms with Gasteiger partial charge >= 0.3 is 0 Å². The van der Waals surface area contributed by atoms with E-state index in [2.05, 4.69) is 4.98 Å². The summed E-state index contributed by atoms with van der Waals surface area (Å²) >= 11 is 0. The first-order valence-electron chi connectivity index (χ1n) is 3.15. The second-order valence-corrected chi connectivity index (χ2v) is 2.41. The third kappa shape index (κ3) is 1.69. The zero-order valence-corrected chi connectivity index (χ0v) is 6.16. The highest BCUT2D eigenvalue weighted by atomic mass is 16.1. The molecule has 0 saturated carbocycles. The summed E-state index contributed by atoms with van der Waals surface area (Å²) in [6.45, 7) is 1.56. The molecule has 0 unspecified atom stereocenters. The Morgan fingerprint density at radius 1 is 1.80 bits per heavy atom. The van der Waals surface area contributed by atoms with Gasteiger partial charge < -0.3 is 4.57 Å². The number of hydrogen-bond acceptors (Lipinski definition) is 2. The van der Waals surface area contributed by atoms with E-state index in [0.29, 0.717) is 6.42 Å². The summed E-state index contributed by atoms with van der Waals surface area (Å²) in [5.41, 5.74) is 0.843. The second-order valence-electron chi connectivity index (χ2n) is 2.41. The van der Waals surface area contributed by atoms with Crippen molar-refractivity contribution in [3.8, 4) is 0 Å². The molecule has 1 aromatic heterocycles. The van der Waals surface area contributed by atoms with E-state index < -0.39 is 0 Å². The molecule has 0 N–H and O–H groups in total. The molecule has 0 fully saturated rings. The van der Waals surface area contributed by atoms with E-state index in [4.69, 9.17) is 0 Å². The lowest BCUT2D eigenvalue weighted by atomic mass is 10.2. The average Bonchev–Trinajstić information content (AvgIpc) is 2.13. The SMILES string of the molecule is CC(=O)Cc1cn(C)cn1. The van der Waals surface area contributed by atoms with Crippen LogP contribution in [0.25, 0.3) is 0 Å². The van der Waals surface area contributed by atoms with Gasteiger partial charge in [-0.25, -0.2) is 4.98 Å². The van der Waals surface area contributed by atoms with E-state index in [1.54, 1.807) is 13.3 Å². The monoisotopic (exact) mass is 138 g/mol. The minimum absolute atomic E-state index is 0.152. The molecule has 3 heteroatoms. The molecular weight excluding hydrogens is 128 g/mol. The maximum atomic E-state index is 10.6. The smallest absolute Gasteiger partial charge is 0.135 e. The van der Waals surface area contributed by atoms with Crippen LogP contribution in [0.5, 0.6) is 0 Å². The average molecular weight is 138 g/mol. The van der Waals surface area contributed by atoms with Gasteiger partial charge in [0.1, 0.15) is 5.78 Å². The molecule has 0 saturated heterocycles. The number of carbonyl (C=O) groups excluding carboxylic acids is 1. The predicted octanol–water partition coefficient (Wildman–Crippen LogP) is 0.552. The number of Topliss-reactive ketones (excluding diaryl/α,β-unsaturated/α-hetero) is 1. The number of carbonyl (C=O) groups is 1. The summed E-state index contributed by atoms with van der Waals surface area (Å²) in [6.07, 6.45) is 3.99. The molecule has 10 heavy (non-hydrogen) atoms. The van der Waals surface area contributed by atoms with Crippen LogP contribution in [0.2, 0.25) is 0 Å². The Morgan fingerprint density at radius 3 is 2.90 bits per heavy atom. The molecule has 0 aliphatic carbocycles. The lowest BCUT2D eigenvalue weighted by Crippen LogP contribution is -1.95. The van der Waals surface area contributed by atoms with Crippen molar-refractivity contribution in [2.45, 2.75) is 13.3 Å². The molecule has 54 valence electrons. The zero-order valence-electron chi connectivity index (χ0n) is 6.16. The van der Waals surface area contributed by atoms with Crippen LogP contribution in [0.15, 0.2) is 12.5 Å². The number of aryl methyl sites for hydroxylation is 1. The third-order valence-electron chi connectivity index (χ3n) is 1.19. The van der Waals surface area contributed by atoms with Gasteiger partial charge in [0.05, 0.1) is 12.0 Å². The van der Waals surface area contributed by atoms with Crippen LogP contribution in [0.1, 0.15) is 12.6 Å². The topological polar surface area (TPSA) is 34.9 Å². The van der Waals surface area contributed by atoms with Crippen molar-refractivity contribution in [3.63, 3.8) is 0 Å². The molecule has 0 aromatic carbocycles. The van der Waals surface area contributed by atoms with Crippen molar-refractivity contribution in [1.82, 2.24) is 9.55 Å². The van der Waals surface area contributed by atoms with Gasteiger partial charge in [-0.05, 0) is 6.92 Å². The van der Waals surface area contributed by atoms with Crippen LogP contribution >= 0.6 is 0 Å². The van der Waals surface area contributed by atoms with Crippen LogP contribution in [0, 0.1) is 0 Å². The van der Waals surface area contributed by atoms with Gasteiger partial charge in [0.25, 0.3) is 0 Å². The number of nitrogens with zero attached hydrogens (tertiary/aromatic N) is 2. The summed E-state index contributed by atoms with van der Waals surface area (Å²) in [4.78, 5) is 14.6. The van der Waals surface area contributed by atoms with Crippen molar-refractivity contribution >= 4 is 5.78 Å². The van der Waals surface area contributed by atoms with Crippen molar-refractivity contribution in [3.05, 3.63) is 18.2 Å². The molecule has 0 aliphatic heterocycles. The van der Waals surface area contributed by atoms with Gasteiger partial charge in [0.2, 0.25) is 0 Å². The zero-order chi connectivity index (χ0) is 7.56. The Morgan fingerprint density at radius 2 is 2.50 bits per heavy atom. The maximum Gasteiger partial charge on any atom is 0.135 e. The molecule has 3 nitrogen and oxygen atoms in total. The maximum absolute atomic E-state index is 10.6. The summed E-state index contributed by atoms with van der Waals surface area (Å²) in [5.74, 6) is 0.152. The van der Waals surface area contributed by atoms with Gasteiger partial charge in [-0.2, -0.15) is 0 Å². The van der Waals surface area contributed by atoms with Crippen LogP contribution in [0.3, 0.4) is 0 Å². The van der Waals surface area contributed by atoms with Crippen LogP contribution in [-0.2, 0) is 18.3 Å². The normalized spacial score (nSPS) is 9.80. The Kier molecular flexibility index (Phi) is 1.85. The number of aromatic nitrogens is 2. The molecule has 1 heterocycles. The standard InChI is InChI=1S/C7H10N2O/c1-6(10)3-7-4-9(2)5-8-7/h4-5H,3H2,1-2H3. The highest BCUT2D eigenvalue weighted by Crippen LogP contribution is 1.94. The van der Waals surface area contributed by atoms with Crippen LogP contribution in [0.4, 0.5) is 0 Å². The van der Waals surface area contributed by atoms with E-state index in [9.17, 15) is 4.79 Å². The molecule has 1 rings (SSSR count). The summed E-state index contributed by atoms with van der Waals surface area (Å²) in [5, 5.41) is 0.